The number of thiazole rings is 1. The Bertz CT molecular complexity index is 1870. The summed E-state index contributed by atoms with van der Waals surface area (Å²) in [4.78, 5) is 69.5. The number of rotatable bonds is 6. The van der Waals surface area contributed by atoms with E-state index in [-0.39, 0.29) is 32.0 Å². The number of anilines is 1. The normalized spacial score (nSPS) is 17.0. The van der Waals surface area contributed by atoms with Crippen LogP contribution in [-0.4, -0.2) is 54.3 Å². The lowest BCUT2D eigenvalue weighted by Crippen LogP contribution is -2.41. The molecule has 0 aliphatic carbocycles. The minimum atomic E-state index is -1.21. The predicted octanol–water partition coefficient (Wildman–Crippen LogP) is 1.14. The minimum Gasteiger partial charge on any atom is -0.493 e. The van der Waals surface area contributed by atoms with Crippen molar-refractivity contribution in [1.29, 1.82) is 0 Å². The van der Waals surface area contributed by atoms with Gasteiger partial charge in [-0.2, -0.15) is 0 Å². The number of benzene rings is 2. The first-order valence-corrected chi connectivity index (χ1v) is 13.0. The zero-order valence-electron chi connectivity index (χ0n) is 22.3. The summed E-state index contributed by atoms with van der Waals surface area (Å²) in [5.74, 6) is -2.79. The maximum absolute atomic E-state index is 14.1. The van der Waals surface area contributed by atoms with Crippen molar-refractivity contribution in [1.82, 2.24) is 4.57 Å². The number of aliphatic carboxylic acids is 1. The van der Waals surface area contributed by atoms with Crippen LogP contribution in [0.2, 0.25) is 0 Å². The number of allylic oxidation sites excluding steroid dienone is 1. The standard InChI is InChI=1S/C28H23N3O9S/c1-13-21(27(37)39-4)23(15-9-10-18(40-14(2)32)19(11-15)38-3)31-26(36)24(41-28(31)29-13)22-16-7-5-6-8-17(16)30(25(22)35)12-20(33)34/h5-11,23H,12H2,1-4H3,(H,33,34)/b24-22-/t23-/m1/s1. The molecule has 1 N–H and O–H groups in total. The predicted molar refractivity (Wildman–Crippen MR) is 145 cm³/mol. The molecule has 0 radical (unpaired) electrons. The van der Waals surface area contributed by atoms with Gasteiger partial charge in [0.2, 0.25) is 0 Å². The molecule has 3 aromatic rings. The lowest BCUT2D eigenvalue weighted by atomic mass is 9.95. The number of hydrogen-bond donors (Lipinski definition) is 1. The lowest BCUT2D eigenvalue weighted by Gasteiger charge is -2.25. The third kappa shape index (κ3) is 4.59. The van der Waals surface area contributed by atoms with Crippen LogP contribution in [0.5, 0.6) is 11.5 Å². The zero-order chi connectivity index (χ0) is 29.6. The van der Waals surface area contributed by atoms with Crippen molar-refractivity contribution >= 4 is 46.4 Å². The molecule has 13 heteroatoms. The van der Waals surface area contributed by atoms with Gasteiger partial charge < -0.3 is 19.3 Å². The van der Waals surface area contributed by atoms with Crippen LogP contribution in [0.4, 0.5) is 5.69 Å². The second-order valence-electron chi connectivity index (χ2n) is 9.08. The van der Waals surface area contributed by atoms with E-state index in [0.29, 0.717) is 22.5 Å². The summed E-state index contributed by atoms with van der Waals surface area (Å²) >= 11 is 0.957. The highest BCUT2D eigenvalue weighted by Crippen LogP contribution is 2.37. The SMILES string of the molecule is COC(=O)C1=C(C)N=c2s/c(=C3\C(=O)N(CC(=O)O)c4ccccc43)c(=O)n2[C@@H]1c1ccc(OC(C)=O)c(OC)c1. The van der Waals surface area contributed by atoms with Gasteiger partial charge in [0.1, 0.15) is 11.1 Å². The molecular weight excluding hydrogens is 554 g/mol. The third-order valence-corrected chi connectivity index (χ3v) is 7.66. The number of nitrogens with zero attached hydrogens (tertiary/aromatic N) is 3. The van der Waals surface area contributed by atoms with Crippen molar-refractivity contribution in [2.24, 2.45) is 4.99 Å². The molecule has 2 aromatic carbocycles. The largest absolute Gasteiger partial charge is 0.493 e. The van der Waals surface area contributed by atoms with Gasteiger partial charge in [-0.1, -0.05) is 35.6 Å². The molecule has 41 heavy (non-hydrogen) atoms. The molecule has 1 atom stereocenters. The molecule has 0 bridgehead atoms. The summed E-state index contributed by atoms with van der Waals surface area (Å²) in [7, 11) is 2.59. The Morgan fingerprint density at radius 3 is 2.46 bits per heavy atom. The summed E-state index contributed by atoms with van der Waals surface area (Å²) in [5.41, 5.74) is 1.04. The average molecular weight is 578 g/mol. The molecule has 0 saturated carbocycles. The van der Waals surface area contributed by atoms with Gasteiger partial charge in [-0.25, -0.2) is 9.79 Å². The van der Waals surface area contributed by atoms with Gasteiger partial charge in [-0.15, -0.1) is 0 Å². The number of aromatic nitrogens is 1. The first-order valence-electron chi connectivity index (χ1n) is 12.2. The number of carbonyl (C=O) groups is 4. The Hall–Kier alpha value is -5.04. The van der Waals surface area contributed by atoms with E-state index in [1.165, 1.54) is 37.8 Å². The van der Waals surface area contributed by atoms with E-state index in [0.717, 1.165) is 16.2 Å². The van der Waals surface area contributed by atoms with Crippen molar-refractivity contribution in [3.8, 4) is 11.5 Å². The van der Waals surface area contributed by atoms with Gasteiger partial charge >= 0.3 is 17.9 Å². The Kier molecular flexibility index (Phi) is 7.05. The smallest absolute Gasteiger partial charge is 0.338 e. The summed E-state index contributed by atoms with van der Waals surface area (Å²) in [6.07, 6.45) is 0. The van der Waals surface area contributed by atoms with Crippen LogP contribution < -0.4 is 29.3 Å². The highest BCUT2D eigenvalue weighted by molar-refractivity contribution is 7.07. The summed E-state index contributed by atoms with van der Waals surface area (Å²) in [5, 5.41) is 9.40. The topological polar surface area (TPSA) is 154 Å². The number of carbonyl (C=O) groups excluding carboxylic acids is 3. The average Bonchev–Trinajstić information content (AvgIpc) is 3.39. The fourth-order valence-electron chi connectivity index (χ4n) is 4.94. The number of carboxylic acid groups (broad SMARTS) is 1. The molecule has 3 heterocycles. The van der Waals surface area contributed by atoms with Crippen molar-refractivity contribution in [2.45, 2.75) is 19.9 Å². The van der Waals surface area contributed by atoms with Gasteiger partial charge in [0, 0.05) is 12.5 Å². The van der Waals surface area contributed by atoms with E-state index in [1.54, 1.807) is 37.3 Å². The van der Waals surface area contributed by atoms with Crippen LogP contribution in [0.1, 0.15) is 31.0 Å². The molecule has 0 fully saturated rings. The third-order valence-electron chi connectivity index (χ3n) is 6.60. The van der Waals surface area contributed by atoms with Crippen molar-refractivity contribution in [2.75, 3.05) is 25.7 Å². The minimum absolute atomic E-state index is 0.0431. The number of hydrogen-bond acceptors (Lipinski definition) is 10. The number of methoxy groups -OCH3 is 2. The Labute approximate surface area is 236 Å². The van der Waals surface area contributed by atoms with E-state index < -0.39 is 42.0 Å². The second kappa shape index (κ2) is 10.5. The number of esters is 2. The lowest BCUT2D eigenvalue weighted by molar-refractivity contribution is -0.137. The van der Waals surface area contributed by atoms with E-state index in [4.69, 9.17) is 14.2 Å². The molecule has 210 valence electrons. The fourth-order valence-corrected chi connectivity index (χ4v) is 6.08. The molecule has 1 aromatic heterocycles. The van der Waals surface area contributed by atoms with E-state index in [9.17, 15) is 29.1 Å². The van der Waals surface area contributed by atoms with Gasteiger partial charge in [-0.05, 0) is 30.7 Å². The summed E-state index contributed by atoms with van der Waals surface area (Å²) < 4.78 is 17.0. The van der Waals surface area contributed by atoms with Gasteiger partial charge in [0.25, 0.3) is 11.5 Å². The maximum atomic E-state index is 14.1. The molecule has 5 rings (SSSR count). The highest BCUT2D eigenvalue weighted by atomic mass is 32.1. The summed E-state index contributed by atoms with van der Waals surface area (Å²) in [6.45, 7) is 2.27. The van der Waals surface area contributed by atoms with E-state index in [1.807, 2.05) is 0 Å². The number of fused-ring (bicyclic) bond motifs is 2. The quantitative estimate of drug-likeness (QED) is 0.336. The van der Waals surface area contributed by atoms with Gasteiger partial charge in [0.15, 0.2) is 16.3 Å². The van der Waals surface area contributed by atoms with Gasteiger partial charge in [0.05, 0.1) is 42.8 Å². The van der Waals surface area contributed by atoms with Crippen LogP contribution in [-0.2, 0) is 23.9 Å². The highest BCUT2D eigenvalue weighted by Gasteiger charge is 2.38. The van der Waals surface area contributed by atoms with Crippen molar-refractivity contribution < 1.29 is 38.5 Å². The number of para-hydroxylation sites is 1. The number of ether oxygens (including phenoxy) is 3. The Balaban J connectivity index is 1.79. The molecular formula is C28H23N3O9S. The van der Waals surface area contributed by atoms with Crippen LogP contribution in [0.15, 0.2) is 63.5 Å². The van der Waals surface area contributed by atoms with Crippen LogP contribution in [0, 0.1) is 0 Å². The molecule has 2 aliphatic rings. The van der Waals surface area contributed by atoms with Crippen LogP contribution in [0.25, 0.3) is 5.57 Å². The maximum Gasteiger partial charge on any atom is 0.338 e. The molecule has 12 nitrogen and oxygen atoms in total. The molecule has 2 aliphatic heterocycles. The second-order valence-corrected chi connectivity index (χ2v) is 10.1. The van der Waals surface area contributed by atoms with Crippen LogP contribution in [0.3, 0.4) is 0 Å². The molecule has 0 saturated heterocycles. The zero-order valence-corrected chi connectivity index (χ0v) is 23.1. The van der Waals surface area contributed by atoms with Crippen molar-refractivity contribution in [3.05, 3.63) is 84.5 Å². The molecule has 1 amide bonds. The number of carboxylic acids is 1. The summed E-state index contributed by atoms with van der Waals surface area (Å²) in [6, 6.07) is 10.2. The van der Waals surface area contributed by atoms with E-state index >= 15 is 0 Å². The monoisotopic (exact) mass is 577 g/mol. The first-order chi connectivity index (χ1) is 19.6. The first kappa shape index (κ1) is 27.5. The fraction of sp³-hybridized carbons (Fsp3) is 0.214. The number of amides is 1. The van der Waals surface area contributed by atoms with Crippen LogP contribution >= 0.6 is 11.3 Å². The van der Waals surface area contributed by atoms with Crippen molar-refractivity contribution in [3.63, 3.8) is 0 Å². The Morgan fingerprint density at radius 1 is 1.07 bits per heavy atom. The molecule has 0 spiro atoms. The Morgan fingerprint density at radius 2 is 1.80 bits per heavy atom. The molecule has 0 unspecified atom stereocenters. The van der Waals surface area contributed by atoms with E-state index in [2.05, 4.69) is 4.99 Å². The van der Waals surface area contributed by atoms with Gasteiger partial charge in [-0.3, -0.25) is 28.6 Å².